The van der Waals surface area contributed by atoms with Crippen molar-refractivity contribution in [2.45, 2.75) is 12.8 Å². The fourth-order valence-corrected chi connectivity index (χ4v) is 2.30. The molecule has 2 rings (SSSR count). The molecule has 1 aromatic heterocycles. The summed E-state index contributed by atoms with van der Waals surface area (Å²) in [6, 6.07) is 0. The Kier molecular flexibility index (Phi) is 5.23. The number of amides is 1. The van der Waals surface area contributed by atoms with Crippen molar-refractivity contribution in [3.63, 3.8) is 0 Å². The quantitative estimate of drug-likeness (QED) is 0.826. The van der Waals surface area contributed by atoms with Gasteiger partial charge in [0, 0.05) is 32.0 Å². The summed E-state index contributed by atoms with van der Waals surface area (Å²) in [5.41, 5.74) is 6.10. The molecule has 1 aliphatic heterocycles. The van der Waals surface area contributed by atoms with Crippen LogP contribution >= 0.6 is 0 Å². The number of carbonyl (C=O) groups is 1. The minimum atomic E-state index is 0.0290. The fourth-order valence-electron chi connectivity index (χ4n) is 2.30. The number of aromatic nitrogens is 2. The van der Waals surface area contributed by atoms with E-state index in [-0.39, 0.29) is 5.91 Å². The Labute approximate surface area is 113 Å². The number of rotatable bonds is 4. The molecule has 0 aliphatic carbocycles. The van der Waals surface area contributed by atoms with E-state index in [1.165, 1.54) is 6.33 Å². The Bertz CT molecular complexity index is 397. The van der Waals surface area contributed by atoms with E-state index in [2.05, 4.69) is 14.9 Å². The van der Waals surface area contributed by atoms with Crippen molar-refractivity contribution >= 4 is 5.91 Å². The standard InChI is InChI=1S/C13H21N5O/c14-3-1-4-17-5-2-6-18(8-7-17)13(19)12-9-15-11-16-10-12/h9-11H,1-8,14H2. The molecule has 1 aliphatic rings. The third kappa shape index (κ3) is 3.97. The van der Waals surface area contributed by atoms with Gasteiger partial charge < -0.3 is 15.5 Å². The van der Waals surface area contributed by atoms with Gasteiger partial charge in [-0.2, -0.15) is 0 Å². The Hall–Kier alpha value is -1.53. The number of hydrogen-bond acceptors (Lipinski definition) is 5. The van der Waals surface area contributed by atoms with Crippen LogP contribution in [-0.2, 0) is 0 Å². The second kappa shape index (κ2) is 7.16. The van der Waals surface area contributed by atoms with E-state index in [9.17, 15) is 4.79 Å². The molecule has 0 unspecified atom stereocenters. The second-order valence-electron chi connectivity index (χ2n) is 4.76. The topological polar surface area (TPSA) is 75.3 Å². The van der Waals surface area contributed by atoms with Gasteiger partial charge in [0.2, 0.25) is 0 Å². The molecule has 1 amide bonds. The van der Waals surface area contributed by atoms with Crippen molar-refractivity contribution in [3.8, 4) is 0 Å². The third-order valence-corrected chi connectivity index (χ3v) is 3.36. The van der Waals surface area contributed by atoms with Gasteiger partial charge in [-0.3, -0.25) is 4.79 Å². The third-order valence-electron chi connectivity index (χ3n) is 3.36. The van der Waals surface area contributed by atoms with E-state index in [4.69, 9.17) is 5.73 Å². The van der Waals surface area contributed by atoms with Crippen molar-refractivity contribution in [1.29, 1.82) is 0 Å². The van der Waals surface area contributed by atoms with Gasteiger partial charge in [0.25, 0.3) is 5.91 Å². The lowest BCUT2D eigenvalue weighted by Gasteiger charge is -2.21. The molecule has 0 spiro atoms. The molecule has 104 valence electrons. The zero-order valence-electron chi connectivity index (χ0n) is 11.2. The van der Waals surface area contributed by atoms with Gasteiger partial charge in [0.15, 0.2) is 0 Å². The maximum Gasteiger partial charge on any atom is 0.257 e. The summed E-state index contributed by atoms with van der Waals surface area (Å²) in [6.45, 7) is 5.26. The summed E-state index contributed by atoms with van der Waals surface area (Å²) >= 11 is 0. The van der Waals surface area contributed by atoms with Gasteiger partial charge in [-0.1, -0.05) is 0 Å². The lowest BCUT2D eigenvalue weighted by atomic mass is 10.3. The molecule has 2 heterocycles. The molecule has 6 heteroatoms. The van der Waals surface area contributed by atoms with Crippen LogP contribution in [0.15, 0.2) is 18.7 Å². The van der Waals surface area contributed by atoms with Crippen LogP contribution in [0, 0.1) is 0 Å². The van der Waals surface area contributed by atoms with E-state index >= 15 is 0 Å². The molecule has 0 radical (unpaired) electrons. The molecular formula is C13H21N5O. The van der Waals surface area contributed by atoms with E-state index in [0.717, 1.165) is 52.1 Å². The van der Waals surface area contributed by atoms with Crippen molar-refractivity contribution in [3.05, 3.63) is 24.3 Å². The number of nitrogens with zero attached hydrogens (tertiary/aromatic N) is 4. The molecule has 1 fully saturated rings. The maximum absolute atomic E-state index is 12.3. The summed E-state index contributed by atoms with van der Waals surface area (Å²) in [5.74, 6) is 0.0290. The summed E-state index contributed by atoms with van der Waals surface area (Å²) in [5, 5.41) is 0. The van der Waals surface area contributed by atoms with Crippen LogP contribution in [0.2, 0.25) is 0 Å². The first-order valence-electron chi connectivity index (χ1n) is 6.78. The van der Waals surface area contributed by atoms with E-state index in [1.807, 2.05) is 4.90 Å². The van der Waals surface area contributed by atoms with Crippen LogP contribution in [0.25, 0.3) is 0 Å². The van der Waals surface area contributed by atoms with Gasteiger partial charge in [0.1, 0.15) is 6.33 Å². The maximum atomic E-state index is 12.3. The van der Waals surface area contributed by atoms with Crippen molar-refractivity contribution in [2.75, 3.05) is 39.3 Å². The van der Waals surface area contributed by atoms with Gasteiger partial charge in [-0.25, -0.2) is 9.97 Å². The second-order valence-corrected chi connectivity index (χ2v) is 4.76. The summed E-state index contributed by atoms with van der Waals surface area (Å²) in [6.07, 6.45) is 6.61. The van der Waals surface area contributed by atoms with Crippen LogP contribution in [-0.4, -0.2) is 64.9 Å². The molecule has 0 aromatic carbocycles. The van der Waals surface area contributed by atoms with Crippen molar-refractivity contribution in [2.24, 2.45) is 5.73 Å². The van der Waals surface area contributed by atoms with Crippen LogP contribution in [0.3, 0.4) is 0 Å². The molecular weight excluding hydrogens is 242 g/mol. The first-order valence-corrected chi connectivity index (χ1v) is 6.78. The number of hydrogen-bond donors (Lipinski definition) is 1. The Morgan fingerprint density at radius 3 is 2.74 bits per heavy atom. The van der Waals surface area contributed by atoms with Crippen molar-refractivity contribution in [1.82, 2.24) is 19.8 Å². The van der Waals surface area contributed by atoms with Gasteiger partial charge in [-0.05, 0) is 32.5 Å². The Morgan fingerprint density at radius 2 is 2.00 bits per heavy atom. The van der Waals surface area contributed by atoms with Gasteiger partial charge >= 0.3 is 0 Å². The molecule has 6 nitrogen and oxygen atoms in total. The Balaban J connectivity index is 1.90. The van der Waals surface area contributed by atoms with Crippen LogP contribution < -0.4 is 5.73 Å². The highest BCUT2D eigenvalue weighted by molar-refractivity contribution is 5.93. The minimum Gasteiger partial charge on any atom is -0.337 e. The first kappa shape index (κ1) is 13.9. The summed E-state index contributed by atoms with van der Waals surface area (Å²) in [4.78, 5) is 24.3. The first-order chi connectivity index (χ1) is 9.31. The molecule has 0 saturated carbocycles. The molecule has 2 N–H and O–H groups in total. The molecule has 0 atom stereocenters. The SMILES string of the molecule is NCCCN1CCCN(C(=O)c2cncnc2)CC1. The Morgan fingerprint density at radius 1 is 1.21 bits per heavy atom. The van der Waals surface area contributed by atoms with Crippen LogP contribution in [0.5, 0.6) is 0 Å². The highest BCUT2D eigenvalue weighted by Crippen LogP contribution is 2.08. The predicted molar refractivity (Wildman–Crippen MR) is 72.7 cm³/mol. The highest BCUT2D eigenvalue weighted by Gasteiger charge is 2.20. The number of nitrogens with two attached hydrogens (primary N) is 1. The molecule has 0 bridgehead atoms. The van der Waals surface area contributed by atoms with Crippen molar-refractivity contribution < 1.29 is 4.79 Å². The van der Waals surface area contributed by atoms with E-state index < -0.39 is 0 Å². The normalized spacial score (nSPS) is 17.2. The zero-order chi connectivity index (χ0) is 13.5. The molecule has 1 aromatic rings. The summed E-state index contributed by atoms with van der Waals surface area (Å²) < 4.78 is 0. The van der Waals surface area contributed by atoms with E-state index in [1.54, 1.807) is 12.4 Å². The fraction of sp³-hybridized carbons (Fsp3) is 0.615. The molecule has 19 heavy (non-hydrogen) atoms. The predicted octanol–water partition coefficient (Wildman–Crippen LogP) is -0.0267. The minimum absolute atomic E-state index is 0.0290. The number of carbonyl (C=O) groups excluding carboxylic acids is 1. The smallest absolute Gasteiger partial charge is 0.257 e. The lowest BCUT2D eigenvalue weighted by Crippen LogP contribution is -2.35. The van der Waals surface area contributed by atoms with Gasteiger partial charge in [-0.15, -0.1) is 0 Å². The largest absolute Gasteiger partial charge is 0.337 e. The average molecular weight is 263 g/mol. The lowest BCUT2D eigenvalue weighted by molar-refractivity contribution is 0.0760. The highest BCUT2D eigenvalue weighted by atomic mass is 16.2. The summed E-state index contributed by atoms with van der Waals surface area (Å²) in [7, 11) is 0. The van der Waals surface area contributed by atoms with Crippen LogP contribution in [0.4, 0.5) is 0 Å². The van der Waals surface area contributed by atoms with Crippen LogP contribution in [0.1, 0.15) is 23.2 Å². The zero-order valence-corrected chi connectivity index (χ0v) is 11.2. The van der Waals surface area contributed by atoms with Gasteiger partial charge in [0.05, 0.1) is 5.56 Å². The average Bonchev–Trinajstić information content (AvgIpc) is 2.71. The van der Waals surface area contributed by atoms with E-state index in [0.29, 0.717) is 5.56 Å². The molecule has 1 saturated heterocycles. The monoisotopic (exact) mass is 263 g/mol.